The van der Waals surface area contributed by atoms with Gasteiger partial charge in [0.05, 0.1) is 12.0 Å². The molecule has 0 spiro atoms. The predicted molar refractivity (Wildman–Crippen MR) is 108 cm³/mol. The zero-order valence-electron chi connectivity index (χ0n) is 15.3. The molecule has 1 aliphatic rings. The quantitative estimate of drug-likeness (QED) is 0.681. The first-order valence-corrected chi connectivity index (χ1v) is 9.43. The molecule has 1 aliphatic heterocycles. The van der Waals surface area contributed by atoms with Gasteiger partial charge in [0, 0.05) is 50.5 Å². The van der Waals surface area contributed by atoms with E-state index < -0.39 is 0 Å². The number of piperazine rings is 1. The van der Waals surface area contributed by atoms with Crippen LogP contribution >= 0.6 is 0 Å². The molecule has 3 heterocycles. The number of hydrogen-bond acceptors (Lipinski definition) is 5. The van der Waals surface area contributed by atoms with Crippen LogP contribution in [0.15, 0.2) is 59.7 Å². The summed E-state index contributed by atoms with van der Waals surface area (Å²) in [5, 5.41) is 1.53. The largest absolute Gasteiger partial charge is 0.493 e. The lowest BCUT2D eigenvalue weighted by atomic mass is 10.1. The Kier molecular flexibility index (Phi) is 5.34. The van der Waals surface area contributed by atoms with Crippen LogP contribution in [0.25, 0.3) is 10.8 Å². The van der Waals surface area contributed by atoms with Crippen LogP contribution in [0.4, 0.5) is 5.82 Å². The minimum Gasteiger partial charge on any atom is -0.493 e. The molecule has 0 aliphatic carbocycles. The van der Waals surface area contributed by atoms with E-state index in [1.165, 1.54) is 0 Å². The van der Waals surface area contributed by atoms with Crippen molar-refractivity contribution in [1.29, 1.82) is 0 Å². The summed E-state index contributed by atoms with van der Waals surface area (Å²) in [4.78, 5) is 23.8. The third-order valence-electron chi connectivity index (χ3n) is 5.00. The molecule has 0 atom stereocenters. The summed E-state index contributed by atoms with van der Waals surface area (Å²) in [7, 11) is 0. The molecule has 1 N–H and O–H groups in total. The minimum atomic E-state index is -0.0799. The van der Waals surface area contributed by atoms with E-state index in [2.05, 4.69) is 25.8 Å². The average Bonchev–Trinajstić information content (AvgIpc) is 2.73. The van der Waals surface area contributed by atoms with E-state index >= 15 is 0 Å². The molecule has 1 fully saturated rings. The first-order chi connectivity index (χ1) is 13.3. The Morgan fingerprint density at radius 2 is 1.89 bits per heavy atom. The van der Waals surface area contributed by atoms with Gasteiger partial charge in [0.15, 0.2) is 0 Å². The van der Waals surface area contributed by atoms with Crippen LogP contribution in [-0.2, 0) is 0 Å². The Hall–Kier alpha value is -2.86. The number of pyridine rings is 2. The highest BCUT2D eigenvalue weighted by atomic mass is 16.5. The fraction of sp³-hybridized carbons (Fsp3) is 0.333. The lowest BCUT2D eigenvalue weighted by molar-refractivity contribution is 0.225. The van der Waals surface area contributed by atoms with Gasteiger partial charge in [-0.05, 0) is 36.8 Å². The monoisotopic (exact) mass is 364 g/mol. The van der Waals surface area contributed by atoms with E-state index in [4.69, 9.17) is 4.74 Å². The van der Waals surface area contributed by atoms with Crippen LogP contribution in [0.3, 0.4) is 0 Å². The summed E-state index contributed by atoms with van der Waals surface area (Å²) in [6, 6.07) is 13.6. The molecule has 0 saturated carbocycles. The number of aromatic amines is 1. The number of hydrogen-bond donors (Lipinski definition) is 1. The molecule has 3 aromatic rings. The van der Waals surface area contributed by atoms with Crippen molar-refractivity contribution in [3.8, 4) is 5.75 Å². The van der Waals surface area contributed by atoms with Gasteiger partial charge in [0.25, 0.3) is 5.56 Å². The number of nitrogens with one attached hydrogen (secondary N) is 1. The number of H-pyrrole nitrogens is 1. The van der Waals surface area contributed by atoms with Gasteiger partial charge in [-0.15, -0.1) is 0 Å². The lowest BCUT2D eigenvalue weighted by Crippen LogP contribution is -2.47. The Morgan fingerprint density at radius 1 is 1.00 bits per heavy atom. The number of nitrogens with zero attached hydrogens (tertiary/aromatic N) is 3. The van der Waals surface area contributed by atoms with Gasteiger partial charge in [0.2, 0.25) is 0 Å². The van der Waals surface area contributed by atoms with Gasteiger partial charge in [0.1, 0.15) is 11.6 Å². The molecule has 1 aromatic carbocycles. The van der Waals surface area contributed by atoms with Crippen molar-refractivity contribution < 1.29 is 4.74 Å². The van der Waals surface area contributed by atoms with Crippen molar-refractivity contribution in [2.24, 2.45) is 0 Å². The van der Waals surface area contributed by atoms with Crippen molar-refractivity contribution in [3.63, 3.8) is 0 Å². The fourth-order valence-electron chi connectivity index (χ4n) is 3.53. The molecule has 6 heteroatoms. The predicted octanol–water partition coefficient (Wildman–Crippen LogP) is 2.51. The van der Waals surface area contributed by atoms with Crippen LogP contribution < -0.4 is 15.2 Å². The molecule has 4 rings (SSSR count). The minimum absolute atomic E-state index is 0.0799. The third-order valence-corrected chi connectivity index (χ3v) is 5.00. The molecule has 27 heavy (non-hydrogen) atoms. The van der Waals surface area contributed by atoms with Crippen molar-refractivity contribution in [1.82, 2.24) is 14.9 Å². The SMILES string of the molecule is O=c1[nH]ccc2c(OCCCN3CCN(c4ccccn4)CC3)cccc12. The van der Waals surface area contributed by atoms with Crippen LogP contribution in [-0.4, -0.2) is 54.2 Å². The Labute approximate surface area is 158 Å². The van der Waals surface area contributed by atoms with Crippen molar-refractivity contribution in [3.05, 3.63) is 65.2 Å². The topological polar surface area (TPSA) is 61.5 Å². The van der Waals surface area contributed by atoms with E-state index in [9.17, 15) is 4.79 Å². The highest BCUT2D eigenvalue weighted by Crippen LogP contribution is 2.22. The molecule has 140 valence electrons. The van der Waals surface area contributed by atoms with Crippen molar-refractivity contribution >= 4 is 16.6 Å². The molecule has 0 radical (unpaired) electrons. The average molecular weight is 364 g/mol. The molecule has 0 amide bonds. The number of anilines is 1. The summed E-state index contributed by atoms with van der Waals surface area (Å²) >= 11 is 0. The Bertz CT molecular complexity index is 934. The normalized spacial score (nSPS) is 15.2. The number of rotatable bonds is 6. The number of fused-ring (bicyclic) bond motifs is 1. The summed E-state index contributed by atoms with van der Waals surface area (Å²) in [5.41, 5.74) is -0.0799. The zero-order valence-corrected chi connectivity index (χ0v) is 15.3. The van der Waals surface area contributed by atoms with Gasteiger partial charge in [-0.2, -0.15) is 0 Å². The Morgan fingerprint density at radius 3 is 2.70 bits per heavy atom. The van der Waals surface area contributed by atoms with E-state index in [0.717, 1.165) is 56.1 Å². The zero-order chi connectivity index (χ0) is 18.5. The van der Waals surface area contributed by atoms with Gasteiger partial charge in [-0.25, -0.2) is 4.98 Å². The Balaban J connectivity index is 1.25. The summed E-state index contributed by atoms with van der Waals surface area (Å²) < 4.78 is 5.96. The van der Waals surface area contributed by atoms with Gasteiger partial charge in [-0.3, -0.25) is 9.69 Å². The lowest BCUT2D eigenvalue weighted by Gasteiger charge is -2.35. The second kappa shape index (κ2) is 8.22. The van der Waals surface area contributed by atoms with Gasteiger partial charge >= 0.3 is 0 Å². The molecule has 0 bridgehead atoms. The maximum absolute atomic E-state index is 11.9. The van der Waals surface area contributed by atoms with E-state index in [1.54, 1.807) is 6.20 Å². The van der Waals surface area contributed by atoms with Crippen molar-refractivity contribution in [2.45, 2.75) is 6.42 Å². The highest BCUT2D eigenvalue weighted by Gasteiger charge is 2.17. The van der Waals surface area contributed by atoms with E-state index in [0.29, 0.717) is 12.0 Å². The van der Waals surface area contributed by atoms with Gasteiger partial charge in [-0.1, -0.05) is 12.1 Å². The van der Waals surface area contributed by atoms with Crippen LogP contribution in [0.2, 0.25) is 0 Å². The molecular weight excluding hydrogens is 340 g/mol. The smallest absolute Gasteiger partial charge is 0.255 e. The van der Waals surface area contributed by atoms with Gasteiger partial charge < -0.3 is 14.6 Å². The summed E-state index contributed by atoms with van der Waals surface area (Å²) in [6.45, 7) is 5.75. The number of ether oxygens (including phenoxy) is 1. The second-order valence-electron chi connectivity index (χ2n) is 6.74. The standard InChI is InChI=1S/C21H24N4O2/c26-21-18-5-3-6-19(17(18)8-10-23-21)27-16-4-11-24-12-14-25(15-13-24)20-7-1-2-9-22-20/h1-3,5-10H,4,11-16H2,(H,23,26). The summed E-state index contributed by atoms with van der Waals surface area (Å²) in [6.07, 6.45) is 4.47. The van der Waals surface area contributed by atoms with Crippen LogP contribution in [0.5, 0.6) is 5.75 Å². The molecular formula is C21H24N4O2. The second-order valence-corrected chi connectivity index (χ2v) is 6.74. The van der Waals surface area contributed by atoms with Crippen LogP contribution in [0, 0.1) is 0 Å². The number of benzene rings is 1. The van der Waals surface area contributed by atoms with Crippen LogP contribution in [0.1, 0.15) is 6.42 Å². The third kappa shape index (κ3) is 4.11. The first-order valence-electron chi connectivity index (χ1n) is 9.43. The van der Waals surface area contributed by atoms with Crippen molar-refractivity contribution in [2.75, 3.05) is 44.2 Å². The van der Waals surface area contributed by atoms with E-state index in [-0.39, 0.29) is 5.56 Å². The highest BCUT2D eigenvalue weighted by molar-refractivity contribution is 5.87. The number of aromatic nitrogens is 2. The first kappa shape index (κ1) is 17.5. The molecule has 1 saturated heterocycles. The maximum atomic E-state index is 11.9. The molecule has 6 nitrogen and oxygen atoms in total. The molecule has 0 unspecified atom stereocenters. The maximum Gasteiger partial charge on any atom is 0.255 e. The van der Waals surface area contributed by atoms with E-state index in [1.807, 2.05) is 42.6 Å². The fourth-order valence-corrected chi connectivity index (χ4v) is 3.53. The summed E-state index contributed by atoms with van der Waals surface area (Å²) in [5.74, 6) is 1.84. The molecule has 2 aromatic heterocycles.